The smallest absolute Gasteiger partial charge is 0.122 e. The standard InChI is InChI=1S/C19H32N2O/c1-7-9-17(22-18(5,6)11-8-2)19(13-16(19)4)21-12-10-15(3)14-20-21/h9-10,12,14-16H,7-8,11,13H2,1-6H3/t15-,16+,19?/m1/s1. The normalized spacial score (nSPS) is 31.5. The first-order valence-corrected chi connectivity index (χ1v) is 8.77. The Bertz CT molecular complexity index is 464. The second kappa shape index (κ2) is 6.47. The Morgan fingerprint density at radius 2 is 2.09 bits per heavy atom. The molecule has 0 radical (unpaired) electrons. The minimum atomic E-state index is -0.123. The van der Waals surface area contributed by atoms with Crippen molar-refractivity contribution in [3.8, 4) is 0 Å². The zero-order valence-corrected chi connectivity index (χ0v) is 15.1. The molecule has 0 bridgehead atoms. The number of nitrogens with zero attached hydrogens (tertiary/aromatic N) is 2. The van der Waals surface area contributed by atoms with Gasteiger partial charge in [0.2, 0.25) is 0 Å². The van der Waals surface area contributed by atoms with Crippen LogP contribution in [0.3, 0.4) is 0 Å². The number of hydrogen-bond donors (Lipinski definition) is 0. The number of allylic oxidation sites excluding steroid dienone is 2. The summed E-state index contributed by atoms with van der Waals surface area (Å²) in [5, 5.41) is 6.80. The van der Waals surface area contributed by atoms with Crippen molar-refractivity contribution in [3.05, 3.63) is 24.1 Å². The van der Waals surface area contributed by atoms with Crippen LogP contribution >= 0.6 is 0 Å². The van der Waals surface area contributed by atoms with E-state index in [2.05, 4.69) is 70.0 Å². The molecule has 2 rings (SSSR count). The van der Waals surface area contributed by atoms with Crippen LogP contribution in [0.5, 0.6) is 0 Å². The van der Waals surface area contributed by atoms with Crippen molar-refractivity contribution >= 4 is 6.21 Å². The highest BCUT2D eigenvalue weighted by molar-refractivity contribution is 5.63. The highest BCUT2D eigenvalue weighted by Gasteiger charge is 2.60. The summed E-state index contributed by atoms with van der Waals surface area (Å²) in [6.45, 7) is 13.2. The van der Waals surface area contributed by atoms with E-state index in [0.29, 0.717) is 11.8 Å². The molecule has 0 aromatic rings. The van der Waals surface area contributed by atoms with E-state index in [0.717, 1.165) is 31.4 Å². The van der Waals surface area contributed by atoms with Crippen LogP contribution in [0.2, 0.25) is 0 Å². The van der Waals surface area contributed by atoms with Crippen LogP contribution in [0.15, 0.2) is 29.2 Å². The van der Waals surface area contributed by atoms with Crippen LogP contribution in [-0.2, 0) is 4.74 Å². The Labute approximate surface area is 136 Å². The van der Waals surface area contributed by atoms with Crippen LogP contribution < -0.4 is 0 Å². The number of rotatable bonds is 7. The van der Waals surface area contributed by atoms with Gasteiger partial charge in [-0.25, -0.2) is 0 Å². The summed E-state index contributed by atoms with van der Waals surface area (Å²) in [6.07, 6.45) is 12.9. The first-order chi connectivity index (χ1) is 10.4. The van der Waals surface area contributed by atoms with E-state index in [1.165, 1.54) is 0 Å². The molecule has 0 aromatic heterocycles. The summed E-state index contributed by atoms with van der Waals surface area (Å²) in [6, 6.07) is 0. The third kappa shape index (κ3) is 3.39. The topological polar surface area (TPSA) is 24.8 Å². The lowest BCUT2D eigenvalue weighted by Crippen LogP contribution is -2.38. The molecule has 1 saturated carbocycles. The van der Waals surface area contributed by atoms with Crippen molar-refractivity contribution in [1.82, 2.24) is 5.01 Å². The molecule has 0 spiro atoms. The average Bonchev–Trinajstić information content (AvgIpc) is 3.11. The maximum absolute atomic E-state index is 6.51. The van der Waals surface area contributed by atoms with E-state index in [-0.39, 0.29) is 11.1 Å². The van der Waals surface area contributed by atoms with E-state index in [4.69, 9.17) is 4.74 Å². The Balaban J connectivity index is 2.25. The van der Waals surface area contributed by atoms with Crippen molar-refractivity contribution < 1.29 is 4.74 Å². The maximum Gasteiger partial charge on any atom is 0.122 e. The monoisotopic (exact) mass is 304 g/mol. The zero-order chi connectivity index (χ0) is 16.4. The maximum atomic E-state index is 6.51. The van der Waals surface area contributed by atoms with Gasteiger partial charge in [0.25, 0.3) is 0 Å². The lowest BCUT2D eigenvalue weighted by molar-refractivity contribution is -0.00196. The largest absolute Gasteiger partial charge is 0.490 e. The summed E-state index contributed by atoms with van der Waals surface area (Å²) < 4.78 is 6.51. The first-order valence-electron chi connectivity index (χ1n) is 8.77. The summed E-state index contributed by atoms with van der Waals surface area (Å²) in [5.41, 5.74) is -0.199. The summed E-state index contributed by atoms with van der Waals surface area (Å²) >= 11 is 0. The quantitative estimate of drug-likeness (QED) is 0.611. The van der Waals surface area contributed by atoms with E-state index < -0.39 is 0 Å². The van der Waals surface area contributed by atoms with Crippen LogP contribution in [0.4, 0.5) is 0 Å². The molecule has 0 N–H and O–H groups in total. The fraction of sp³-hybridized carbons (Fsp3) is 0.737. The van der Waals surface area contributed by atoms with Gasteiger partial charge in [0.1, 0.15) is 16.9 Å². The zero-order valence-electron chi connectivity index (χ0n) is 15.1. The van der Waals surface area contributed by atoms with Crippen LogP contribution in [0.1, 0.15) is 67.2 Å². The Morgan fingerprint density at radius 3 is 2.55 bits per heavy atom. The molecule has 0 amide bonds. The van der Waals surface area contributed by atoms with Gasteiger partial charge in [-0.1, -0.05) is 40.2 Å². The molecule has 22 heavy (non-hydrogen) atoms. The molecule has 1 aliphatic heterocycles. The number of hydrazone groups is 1. The SMILES string of the molecule is CCC=C(OC(C)(C)CCC)C1(N2C=C[C@@H](C)C=N2)C[C@@H]1C. The van der Waals surface area contributed by atoms with Gasteiger partial charge in [-0.3, -0.25) is 5.01 Å². The molecule has 0 saturated heterocycles. The molecule has 1 aliphatic carbocycles. The Morgan fingerprint density at radius 1 is 1.41 bits per heavy atom. The first kappa shape index (κ1) is 17.1. The molecule has 124 valence electrons. The van der Waals surface area contributed by atoms with Crippen molar-refractivity contribution in [2.45, 2.75) is 78.4 Å². The van der Waals surface area contributed by atoms with Crippen LogP contribution in [0.25, 0.3) is 0 Å². The second-order valence-corrected chi connectivity index (χ2v) is 7.43. The lowest BCUT2D eigenvalue weighted by Gasteiger charge is -2.36. The van der Waals surface area contributed by atoms with Gasteiger partial charge in [0.05, 0.1) is 0 Å². The van der Waals surface area contributed by atoms with Crippen molar-refractivity contribution in [2.75, 3.05) is 0 Å². The van der Waals surface area contributed by atoms with Gasteiger partial charge in [-0.2, -0.15) is 5.10 Å². The minimum Gasteiger partial charge on any atom is -0.490 e. The van der Waals surface area contributed by atoms with Gasteiger partial charge in [0.15, 0.2) is 0 Å². The molecule has 1 unspecified atom stereocenters. The molecule has 2 aliphatic rings. The van der Waals surface area contributed by atoms with Crippen molar-refractivity contribution in [3.63, 3.8) is 0 Å². The van der Waals surface area contributed by atoms with E-state index in [9.17, 15) is 0 Å². The lowest BCUT2D eigenvalue weighted by atomic mass is 10.0. The third-order valence-electron chi connectivity index (χ3n) is 4.69. The molecule has 3 atom stereocenters. The third-order valence-corrected chi connectivity index (χ3v) is 4.69. The van der Waals surface area contributed by atoms with Gasteiger partial charge >= 0.3 is 0 Å². The van der Waals surface area contributed by atoms with Gasteiger partial charge < -0.3 is 4.74 Å². The number of ether oxygens (including phenoxy) is 1. The highest BCUT2D eigenvalue weighted by atomic mass is 16.5. The average molecular weight is 304 g/mol. The van der Waals surface area contributed by atoms with Crippen LogP contribution in [0, 0.1) is 11.8 Å². The minimum absolute atomic E-state index is 0.0752. The van der Waals surface area contributed by atoms with E-state index in [1.54, 1.807) is 0 Å². The van der Waals surface area contributed by atoms with E-state index >= 15 is 0 Å². The molecular weight excluding hydrogens is 272 g/mol. The van der Waals surface area contributed by atoms with Crippen molar-refractivity contribution in [1.29, 1.82) is 0 Å². The van der Waals surface area contributed by atoms with Crippen LogP contribution in [-0.4, -0.2) is 22.4 Å². The van der Waals surface area contributed by atoms with E-state index in [1.807, 2.05) is 6.21 Å². The van der Waals surface area contributed by atoms with Crippen molar-refractivity contribution in [2.24, 2.45) is 16.9 Å². The Kier molecular flexibility index (Phi) is 5.03. The molecule has 3 nitrogen and oxygen atoms in total. The molecular formula is C19H32N2O. The second-order valence-electron chi connectivity index (χ2n) is 7.43. The molecule has 1 fully saturated rings. The summed E-state index contributed by atoms with van der Waals surface area (Å²) in [4.78, 5) is 0. The predicted molar refractivity (Wildman–Crippen MR) is 93.6 cm³/mol. The van der Waals surface area contributed by atoms with Gasteiger partial charge in [-0.05, 0) is 45.1 Å². The predicted octanol–water partition coefficient (Wildman–Crippen LogP) is 5.11. The van der Waals surface area contributed by atoms with Gasteiger partial charge in [-0.15, -0.1) is 0 Å². The molecule has 0 aromatic carbocycles. The molecule has 1 heterocycles. The Hall–Kier alpha value is -1.25. The number of hydrogen-bond acceptors (Lipinski definition) is 3. The molecule has 3 heteroatoms. The fourth-order valence-corrected chi connectivity index (χ4v) is 3.34. The van der Waals surface area contributed by atoms with Gasteiger partial charge in [0, 0.05) is 18.3 Å². The summed E-state index contributed by atoms with van der Waals surface area (Å²) in [5.74, 6) is 2.09. The summed E-state index contributed by atoms with van der Waals surface area (Å²) in [7, 11) is 0. The highest BCUT2D eigenvalue weighted by Crippen LogP contribution is 2.55. The fourth-order valence-electron chi connectivity index (χ4n) is 3.34.